The van der Waals surface area contributed by atoms with Crippen molar-refractivity contribution >= 4 is 0 Å². The highest BCUT2D eigenvalue weighted by atomic mass is 19.1. The molecule has 2 rings (SSSR count). The van der Waals surface area contributed by atoms with Crippen LogP contribution in [-0.4, -0.2) is 36.3 Å². The van der Waals surface area contributed by atoms with Crippen LogP contribution < -0.4 is 5.90 Å². The molecule has 2 aliphatic rings. The zero-order valence-electron chi connectivity index (χ0n) is 7.13. The lowest BCUT2D eigenvalue weighted by atomic mass is 9.95. The molecule has 0 aromatic carbocycles. The largest absolute Gasteiger partial charge is 0.303 e. The van der Waals surface area contributed by atoms with E-state index in [2.05, 4.69) is 9.74 Å². The van der Waals surface area contributed by atoms with Gasteiger partial charge in [-0.2, -0.15) is 0 Å². The number of halogens is 1. The van der Waals surface area contributed by atoms with Gasteiger partial charge in [0.05, 0.1) is 6.61 Å². The van der Waals surface area contributed by atoms with Crippen LogP contribution in [0, 0.1) is 0 Å². The maximum atomic E-state index is 13.1. The Bertz CT molecular complexity index is 178. The number of rotatable bonds is 2. The van der Waals surface area contributed by atoms with E-state index in [0.717, 1.165) is 19.4 Å². The summed E-state index contributed by atoms with van der Waals surface area (Å²) in [5, 5.41) is 0. The van der Waals surface area contributed by atoms with Crippen LogP contribution in [0.3, 0.4) is 0 Å². The van der Waals surface area contributed by atoms with Gasteiger partial charge in [0.2, 0.25) is 0 Å². The van der Waals surface area contributed by atoms with Crippen LogP contribution in [0.25, 0.3) is 0 Å². The van der Waals surface area contributed by atoms with E-state index in [1.807, 2.05) is 0 Å². The summed E-state index contributed by atoms with van der Waals surface area (Å²) in [6.45, 7) is 2.06. The molecule has 2 fully saturated rings. The van der Waals surface area contributed by atoms with Crippen molar-refractivity contribution in [3.63, 3.8) is 0 Å². The summed E-state index contributed by atoms with van der Waals surface area (Å²) < 4.78 is 13.1. The minimum absolute atomic E-state index is 0.0613. The molecule has 2 atom stereocenters. The molecule has 2 N–H and O–H groups in total. The highest BCUT2D eigenvalue weighted by molar-refractivity contribution is 5.03. The summed E-state index contributed by atoms with van der Waals surface area (Å²) >= 11 is 0. The van der Waals surface area contributed by atoms with Crippen LogP contribution in [0.15, 0.2) is 0 Å². The van der Waals surface area contributed by atoms with E-state index in [1.54, 1.807) is 0 Å². The van der Waals surface area contributed by atoms with Crippen LogP contribution in [0.1, 0.15) is 19.3 Å². The predicted molar refractivity (Wildman–Crippen MR) is 43.2 cm³/mol. The summed E-state index contributed by atoms with van der Waals surface area (Å²) in [6, 6.07) is 0. The van der Waals surface area contributed by atoms with E-state index in [-0.39, 0.29) is 5.54 Å². The van der Waals surface area contributed by atoms with Gasteiger partial charge in [-0.1, -0.05) is 0 Å². The Hall–Kier alpha value is -0.190. The van der Waals surface area contributed by atoms with Crippen LogP contribution in [0.2, 0.25) is 0 Å². The van der Waals surface area contributed by atoms with E-state index in [4.69, 9.17) is 5.90 Å². The Morgan fingerprint density at radius 3 is 3.25 bits per heavy atom. The first-order chi connectivity index (χ1) is 5.77. The van der Waals surface area contributed by atoms with Crippen molar-refractivity contribution in [3.05, 3.63) is 0 Å². The molecule has 0 saturated carbocycles. The first-order valence-electron chi connectivity index (χ1n) is 4.48. The van der Waals surface area contributed by atoms with E-state index < -0.39 is 6.17 Å². The SMILES string of the molecule is NOCC12CCCN1CC(F)C2. The van der Waals surface area contributed by atoms with Crippen molar-refractivity contribution in [1.29, 1.82) is 0 Å². The smallest absolute Gasteiger partial charge is 0.115 e. The molecule has 0 aromatic heterocycles. The molecule has 2 aliphatic heterocycles. The highest BCUT2D eigenvalue weighted by Crippen LogP contribution is 2.39. The fourth-order valence-electron chi connectivity index (χ4n) is 2.60. The van der Waals surface area contributed by atoms with E-state index >= 15 is 0 Å². The van der Waals surface area contributed by atoms with Crippen molar-refractivity contribution in [2.45, 2.75) is 31.0 Å². The molecule has 4 heteroatoms. The van der Waals surface area contributed by atoms with Gasteiger partial charge >= 0.3 is 0 Å². The second-order valence-electron chi connectivity index (χ2n) is 3.89. The normalized spacial score (nSPS) is 42.0. The summed E-state index contributed by atoms with van der Waals surface area (Å²) in [6.07, 6.45) is 2.10. The fraction of sp³-hybridized carbons (Fsp3) is 1.00. The standard InChI is InChI=1S/C8H15FN2O/c9-7-4-8(6-12-10)2-1-3-11(8)5-7/h7H,1-6,10H2. The van der Waals surface area contributed by atoms with Crippen LogP contribution in [0.4, 0.5) is 4.39 Å². The second-order valence-corrected chi connectivity index (χ2v) is 3.89. The molecule has 2 saturated heterocycles. The van der Waals surface area contributed by atoms with Crippen molar-refractivity contribution in [3.8, 4) is 0 Å². The molecule has 3 nitrogen and oxygen atoms in total. The zero-order chi connectivity index (χ0) is 8.60. The maximum absolute atomic E-state index is 13.1. The maximum Gasteiger partial charge on any atom is 0.115 e. The lowest BCUT2D eigenvalue weighted by Crippen LogP contribution is -2.43. The van der Waals surface area contributed by atoms with Gasteiger partial charge < -0.3 is 4.84 Å². The Morgan fingerprint density at radius 2 is 2.50 bits per heavy atom. The van der Waals surface area contributed by atoms with Gasteiger partial charge in [-0.05, 0) is 19.4 Å². The summed E-state index contributed by atoms with van der Waals surface area (Å²) in [7, 11) is 0. The van der Waals surface area contributed by atoms with Crippen molar-refractivity contribution in [2.75, 3.05) is 19.7 Å². The number of nitrogens with zero attached hydrogens (tertiary/aromatic N) is 1. The Morgan fingerprint density at radius 1 is 1.67 bits per heavy atom. The lowest BCUT2D eigenvalue weighted by molar-refractivity contribution is 0.0348. The lowest BCUT2D eigenvalue weighted by Gasteiger charge is -2.29. The van der Waals surface area contributed by atoms with E-state index in [0.29, 0.717) is 19.6 Å². The van der Waals surface area contributed by atoms with Crippen LogP contribution in [0.5, 0.6) is 0 Å². The quantitative estimate of drug-likeness (QED) is 0.618. The van der Waals surface area contributed by atoms with Crippen molar-refractivity contribution < 1.29 is 9.23 Å². The molecular formula is C8H15FN2O. The predicted octanol–water partition coefficient (Wildman–Crippen LogP) is 0.453. The molecular weight excluding hydrogens is 159 g/mol. The Labute approximate surface area is 71.6 Å². The molecule has 0 bridgehead atoms. The molecule has 0 aromatic rings. The monoisotopic (exact) mass is 174 g/mol. The first-order valence-corrected chi connectivity index (χ1v) is 4.48. The summed E-state index contributed by atoms with van der Waals surface area (Å²) in [5.74, 6) is 5.06. The van der Waals surface area contributed by atoms with E-state index in [9.17, 15) is 4.39 Å². The Kier molecular flexibility index (Phi) is 2.06. The van der Waals surface area contributed by atoms with Gasteiger partial charge in [-0.3, -0.25) is 4.90 Å². The number of hydrogen-bond donors (Lipinski definition) is 1. The zero-order valence-corrected chi connectivity index (χ0v) is 7.13. The molecule has 12 heavy (non-hydrogen) atoms. The van der Waals surface area contributed by atoms with Gasteiger partial charge in [-0.25, -0.2) is 10.3 Å². The third kappa shape index (κ3) is 1.14. The van der Waals surface area contributed by atoms with Gasteiger partial charge in [-0.15, -0.1) is 0 Å². The molecule has 70 valence electrons. The number of fused-ring (bicyclic) bond motifs is 1. The number of hydrogen-bond acceptors (Lipinski definition) is 3. The van der Waals surface area contributed by atoms with Crippen molar-refractivity contribution in [2.24, 2.45) is 5.90 Å². The van der Waals surface area contributed by atoms with Crippen molar-refractivity contribution in [1.82, 2.24) is 4.90 Å². The Balaban J connectivity index is 2.09. The minimum Gasteiger partial charge on any atom is -0.303 e. The summed E-state index contributed by atoms with van der Waals surface area (Å²) in [5.41, 5.74) is -0.0613. The fourth-order valence-corrected chi connectivity index (χ4v) is 2.60. The molecule has 0 aliphatic carbocycles. The van der Waals surface area contributed by atoms with Gasteiger partial charge in [0, 0.05) is 18.5 Å². The van der Waals surface area contributed by atoms with E-state index in [1.165, 1.54) is 0 Å². The number of alkyl halides is 1. The third-order valence-electron chi connectivity index (χ3n) is 3.11. The molecule has 2 heterocycles. The molecule has 0 amide bonds. The first kappa shape index (κ1) is 8.41. The highest BCUT2D eigenvalue weighted by Gasteiger charge is 2.48. The third-order valence-corrected chi connectivity index (χ3v) is 3.11. The molecule has 2 unspecified atom stereocenters. The number of nitrogens with two attached hydrogens (primary N) is 1. The molecule has 0 radical (unpaired) electrons. The van der Waals surface area contributed by atoms with Crippen LogP contribution >= 0.6 is 0 Å². The van der Waals surface area contributed by atoms with Gasteiger partial charge in [0.1, 0.15) is 6.17 Å². The average molecular weight is 174 g/mol. The van der Waals surface area contributed by atoms with Crippen LogP contribution in [-0.2, 0) is 4.84 Å². The average Bonchev–Trinajstić information content (AvgIpc) is 2.44. The summed E-state index contributed by atoms with van der Waals surface area (Å²) in [4.78, 5) is 6.86. The molecule has 0 spiro atoms. The van der Waals surface area contributed by atoms with Gasteiger partial charge in [0.25, 0.3) is 0 Å². The second kappa shape index (κ2) is 2.94. The topological polar surface area (TPSA) is 38.5 Å². The minimum atomic E-state index is -0.680. The van der Waals surface area contributed by atoms with Gasteiger partial charge in [0.15, 0.2) is 0 Å².